The zero-order valence-electron chi connectivity index (χ0n) is 17.8. The quantitative estimate of drug-likeness (QED) is 0.736. The smallest absolute Gasteiger partial charge is 0.246 e. The predicted octanol–water partition coefficient (Wildman–Crippen LogP) is 2.32. The molecule has 0 aromatic heterocycles. The third-order valence-electron chi connectivity index (χ3n) is 6.40. The largest absolute Gasteiger partial charge is 0.507 e. The van der Waals surface area contributed by atoms with Gasteiger partial charge in [0.05, 0.1) is 24.8 Å². The molecule has 2 N–H and O–H groups in total. The van der Waals surface area contributed by atoms with Crippen LogP contribution in [0.2, 0.25) is 0 Å². The van der Waals surface area contributed by atoms with Crippen LogP contribution in [0.15, 0.2) is 18.2 Å². The molecule has 3 heterocycles. The van der Waals surface area contributed by atoms with E-state index < -0.39 is 17.7 Å². The summed E-state index contributed by atoms with van der Waals surface area (Å²) in [5.41, 5.74) is 0.341. The SMILES string of the molecule is CC1(C)Oc2ccc(/C=C/C(=O)N3CCCCC3)c(O)c2[C@@H](N2CCOCC2)[C@@H]1O. The Morgan fingerprint density at radius 2 is 1.83 bits per heavy atom. The summed E-state index contributed by atoms with van der Waals surface area (Å²) in [4.78, 5) is 16.5. The number of amides is 1. The minimum Gasteiger partial charge on any atom is -0.507 e. The van der Waals surface area contributed by atoms with Crippen molar-refractivity contribution in [3.8, 4) is 11.5 Å². The average molecular weight is 417 g/mol. The Morgan fingerprint density at radius 3 is 2.53 bits per heavy atom. The molecule has 0 bridgehead atoms. The van der Waals surface area contributed by atoms with E-state index in [0.717, 1.165) is 25.9 Å². The van der Waals surface area contributed by atoms with Gasteiger partial charge >= 0.3 is 0 Å². The van der Waals surface area contributed by atoms with Gasteiger partial charge < -0.3 is 24.6 Å². The molecular weight excluding hydrogens is 384 g/mol. The van der Waals surface area contributed by atoms with Crippen molar-refractivity contribution in [2.75, 3.05) is 39.4 Å². The van der Waals surface area contributed by atoms with Crippen LogP contribution in [-0.2, 0) is 9.53 Å². The third kappa shape index (κ3) is 4.06. The summed E-state index contributed by atoms with van der Waals surface area (Å²) < 4.78 is 11.5. The molecule has 1 amide bonds. The molecule has 2 fully saturated rings. The van der Waals surface area contributed by atoms with Crippen molar-refractivity contribution >= 4 is 12.0 Å². The molecule has 0 spiro atoms. The molecule has 3 aliphatic rings. The van der Waals surface area contributed by atoms with Crippen LogP contribution in [0, 0.1) is 0 Å². The van der Waals surface area contributed by atoms with Gasteiger partial charge in [0.2, 0.25) is 5.91 Å². The minimum absolute atomic E-state index is 0.0334. The zero-order chi connectivity index (χ0) is 21.3. The molecule has 30 heavy (non-hydrogen) atoms. The lowest BCUT2D eigenvalue weighted by atomic mass is 9.84. The van der Waals surface area contributed by atoms with Crippen molar-refractivity contribution in [3.63, 3.8) is 0 Å². The highest BCUT2D eigenvalue weighted by atomic mass is 16.5. The number of aromatic hydroxyl groups is 1. The van der Waals surface area contributed by atoms with Crippen LogP contribution < -0.4 is 4.74 Å². The Kier molecular flexibility index (Phi) is 6.04. The molecule has 0 saturated carbocycles. The van der Waals surface area contributed by atoms with Gasteiger partial charge in [0.15, 0.2) is 0 Å². The van der Waals surface area contributed by atoms with E-state index in [1.54, 1.807) is 12.1 Å². The number of hydrogen-bond acceptors (Lipinski definition) is 6. The predicted molar refractivity (Wildman–Crippen MR) is 113 cm³/mol. The van der Waals surface area contributed by atoms with E-state index in [2.05, 4.69) is 4.90 Å². The first-order chi connectivity index (χ1) is 14.4. The van der Waals surface area contributed by atoms with Crippen LogP contribution >= 0.6 is 0 Å². The van der Waals surface area contributed by atoms with Gasteiger partial charge in [-0.25, -0.2) is 0 Å². The molecule has 4 rings (SSSR count). The standard InChI is InChI=1S/C23H32N2O5/c1-23(2)22(28)20(25-12-14-29-15-13-25)19-17(30-23)8-6-16(21(19)27)7-9-18(26)24-10-4-3-5-11-24/h6-9,20,22,27-28H,3-5,10-15H2,1-2H3/b9-7+/t20-,22+/m1/s1. The molecule has 0 aliphatic carbocycles. The van der Waals surface area contributed by atoms with Gasteiger partial charge in [-0.3, -0.25) is 9.69 Å². The van der Waals surface area contributed by atoms with Crippen LogP contribution in [-0.4, -0.2) is 77.0 Å². The highest BCUT2D eigenvalue weighted by Gasteiger charge is 2.47. The van der Waals surface area contributed by atoms with Gasteiger partial charge in [0, 0.05) is 37.8 Å². The fourth-order valence-electron chi connectivity index (χ4n) is 4.62. The van der Waals surface area contributed by atoms with Gasteiger partial charge in [0.25, 0.3) is 0 Å². The molecule has 164 valence electrons. The Labute approximate surface area is 177 Å². The lowest BCUT2D eigenvalue weighted by molar-refractivity contribution is -0.126. The number of carbonyl (C=O) groups is 1. The maximum Gasteiger partial charge on any atom is 0.246 e. The fourth-order valence-corrected chi connectivity index (χ4v) is 4.62. The van der Waals surface area contributed by atoms with Crippen LogP contribution in [0.3, 0.4) is 0 Å². The van der Waals surface area contributed by atoms with E-state index in [1.807, 2.05) is 24.8 Å². The molecule has 1 aromatic rings. The van der Waals surface area contributed by atoms with Crippen LogP contribution in [0.1, 0.15) is 50.3 Å². The summed E-state index contributed by atoms with van der Waals surface area (Å²) >= 11 is 0. The van der Waals surface area contributed by atoms with Gasteiger partial charge in [-0.2, -0.15) is 0 Å². The van der Waals surface area contributed by atoms with Crippen molar-refractivity contribution in [1.82, 2.24) is 9.80 Å². The summed E-state index contributed by atoms with van der Waals surface area (Å²) in [5, 5.41) is 22.2. The number of hydrogen-bond donors (Lipinski definition) is 2. The number of aliphatic hydroxyl groups excluding tert-OH is 1. The number of ether oxygens (including phenoxy) is 2. The highest BCUT2D eigenvalue weighted by molar-refractivity contribution is 5.92. The van der Waals surface area contributed by atoms with Crippen LogP contribution in [0.25, 0.3) is 6.08 Å². The molecule has 7 heteroatoms. The Hall–Kier alpha value is -2.09. The lowest BCUT2D eigenvalue weighted by Gasteiger charge is -2.47. The molecular formula is C23H32N2O5. The van der Waals surface area contributed by atoms with Crippen molar-refractivity contribution in [1.29, 1.82) is 0 Å². The number of aliphatic hydroxyl groups is 1. The summed E-state index contributed by atoms with van der Waals surface area (Å²) in [6.07, 6.45) is 5.62. The van der Waals surface area contributed by atoms with Gasteiger partial charge in [-0.05, 0) is 51.3 Å². The Morgan fingerprint density at radius 1 is 1.13 bits per heavy atom. The van der Waals surface area contributed by atoms with Gasteiger partial charge in [-0.15, -0.1) is 0 Å². The van der Waals surface area contributed by atoms with E-state index in [4.69, 9.17) is 9.47 Å². The summed E-state index contributed by atoms with van der Waals surface area (Å²) in [6.45, 7) is 7.80. The first kappa shape index (κ1) is 21.2. The molecule has 0 radical (unpaired) electrons. The molecule has 2 saturated heterocycles. The maximum atomic E-state index is 12.5. The van der Waals surface area contributed by atoms with Crippen molar-refractivity contribution < 1.29 is 24.5 Å². The average Bonchev–Trinajstić information content (AvgIpc) is 2.75. The molecule has 0 unspecified atom stereocenters. The number of likely N-dealkylation sites (tertiary alicyclic amines) is 1. The minimum atomic E-state index is -0.816. The van der Waals surface area contributed by atoms with Crippen molar-refractivity contribution in [2.45, 2.75) is 50.9 Å². The van der Waals surface area contributed by atoms with E-state index in [1.165, 1.54) is 12.5 Å². The number of piperidine rings is 1. The number of phenols is 1. The number of carbonyl (C=O) groups excluding carboxylic acids is 1. The zero-order valence-corrected chi connectivity index (χ0v) is 17.8. The van der Waals surface area contributed by atoms with Crippen LogP contribution in [0.5, 0.6) is 11.5 Å². The maximum absolute atomic E-state index is 12.5. The summed E-state index contributed by atoms with van der Waals surface area (Å²) in [7, 11) is 0. The monoisotopic (exact) mass is 416 g/mol. The first-order valence-electron chi connectivity index (χ1n) is 10.9. The number of morpholine rings is 1. The fraction of sp³-hybridized carbons (Fsp3) is 0.609. The number of benzene rings is 1. The normalized spacial score (nSPS) is 27.0. The molecule has 1 aromatic carbocycles. The Balaban J connectivity index is 1.65. The van der Waals surface area contributed by atoms with E-state index >= 15 is 0 Å². The van der Waals surface area contributed by atoms with E-state index in [0.29, 0.717) is 43.2 Å². The summed E-state index contributed by atoms with van der Waals surface area (Å²) in [6, 6.07) is 3.18. The number of phenolic OH excluding ortho intramolecular Hbond substituents is 1. The second-order valence-electron chi connectivity index (χ2n) is 8.88. The lowest BCUT2D eigenvalue weighted by Crippen LogP contribution is -2.55. The van der Waals surface area contributed by atoms with Crippen LogP contribution in [0.4, 0.5) is 0 Å². The van der Waals surface area contributed by atoms with Gasteiger partial charge in [-0.1, -0.05) is 0 Å². The number of nitrogens with zero attached hydrogens (tertiary/aromatic N) is 2. The van der Waals surface area contributed by atoms with Crippen molar-refractivity contribution in [2.24, 2.45) is 0 Å². The van der Waals surface area contributed by atoms with E-state index in [9.17, 15) is 15.0 Å². The highest BCUT2D eigenvalue weighted by Crippen LogP contribution is 2.48. The Bertz CT molecular complexity index is 810. The third-order valence-corrected chi connectivity index (χ3v) is 6.40. The first-order valence-corrected chi connectivity index (χ1v) is 10.9. The summed E-state index contributed by atoms with van der Waals surface area (Å²) in [5.74, 6) is 0.592. The number of fused-ring (bicyclic) bond motifs is 1. The topological polar surface area (TPSA) is 82.5 Å². The van der Waals surface area contributed by atoms with Gasteiger partial charge in [0.1, 0.15) is 23.2 Å². The van der Waals surface area contributed by atoms with Crippen molar-refractivity contribution in [3.05, 3.63) is 29.3 Å². The second kappa shape index (κ2) is 8.57. The number of rotatable bonds is 3. The van der Waals surface area contributed by atoms with E-state index in [-0.39, 0.29) is 11.7 Å². The molecule has 2 atom stereocenters. The molecule has 3 aliphatic heterocycles. The second-order valence-corrected chi connectivity index (χ2v) is 8.88. The molecule has 7 nitrogen and oxygen atoms in total.